The summed E-state index contributed by atoms with van der Waals surface area (Å²) in [6.45, 7) is 0. The van der Waals surface area contributed by atoms with Crippen LogP contribution in [0.15, 0.2) is 169 Å². The number of nitrogens with two attached hydrogens (primary N) is 2. The van der Waals surface area contributed by atoms with Gasteiger partial charge in [-0.05, 0) is 95.7 Å². The number of hydrogen-bond acceptors (Lipinski definition) is 2. The first kappa shape index (κ1) is 27.2. The Kier molecular flexibility index (Phi) is 6.06. The Morgan fingerprint density at radius 2 is 0.957 bits per heavy atom. The lowest BCUT2D eigenvalue weighted by molar-refractivity contribution is 0.832. The lowest BCUT2D eigenvalue weighted by Gasteiger charge is -2.38. The van der Waals surface area contributed by atoms with Gasteiger partial charge in [-0.15, -0.1) is 0 Å². The van der Waals surface area contributed by atoms with E-state index in [1.807, 2.05) is 12.1 Å². The SMILES string of the molecule is Nc1ccc(C2(c3ccc(N)c(-c4ccccc4)c3)C=CC=C3C=c4c(c5ccccc5c5ccccc45)=C32)cc1-c1ccccc1. The summed E-state index contributed by atoms with van der Waals surface area (Å²) < 4.78 is 0. The van der Waals surface area contributed by atoms with Crippen molar-refractivity contribution in [3.05, 3.63) is 191 Å². The van der Waals surface area contributed by atoms with Crippen LogP contribution < -0.4 is 21.9 Å². The molecule has 0 saturated carbocycles. The number of allylic oxidation sites excluding steroid dienone is 4. The molecule has 47 heavy (non-hydrogen) atoms. The van der Waals surface area contributed by atoms with E-state index in [-0.39, 0.29) is 0 Å². The quantitative estimate of drug-likeness (QED) is 0.157. The zero-order valence-electron chi connectivity index (χ0n) is 25.8. The maximum Gasteiger partial charge on any atom is 0.0647 e. The molecule has 222 valence electrons. The van der Waals surface area contributed by atoms with Gasteiger partial charge in [0.1, 0.15) is 0 Å². The van der Waals surface area contributed by atoms with E-state index in [9.17, 15) is 0 Å². The average Bonchev–Trinajstić information content (AvgIpc) is 3.54. The third kappa shape index (κ3) is 4.05. The van der Waals surface area contributed by atoms with Gasteiger partial charge in [0, 0.05) is 22.5 Å². The third-order valence-corrected chi connectivity index (χ3v) is 10.0. The Hall–Kier alpha value is -6.12. The highest BCUT2D eigenvalue weighted by atomic mass is 14.6. The van der Waals surface area contributed by atoms with Crippen LogP contribution in [0.25, 0.3) is 55.4 Å². The maximum absolute atomic E-state index is 6.71. The van der Waals surface area contributed by atoms with Crippen molar-refractivity contribution in [1.29, 1.82) is 0 Å². The Morgan fingerprint density at radius 3 is 1.53 bits per heavy atom. The fourth-order valence-corrected chi connectivity index (χ4v) is 7.88. The predicted molar refractivity (Wildman–Crippen MR) is 199 cm³/mol. The highest BCUT2D eigenvalue weighted by Gasteiger charge is 2.41. The monoisotopic (exact) mass is 600 g/mol. The Morgan fingerprint density at radius 1 is 0.468 bits per heavy atom. The summed E-state index contributed by atoms with van der Waals surface area (Å²) in [7, 11) is 0. The van der Waals surface area contributed by atoms with Gasteiger partial charge in [0.2, 0.25) is 0 Å². The first-order chi connectivity index (χ1) is 23.1. The van der Waals surface area contributed by atoms with Gasteiger partial charge in [0.25, 0.3) is 0 Å². The second-order valence-corrected chi connectivity index (χ2v) is 12.5. The summed E-state index contributed by atoms with van der Waals surface area (Å²) in [5, 5.41) is 7.61. The van der Waals surface area contributed by atoms with Crippen LogP contribution in [-0.2, 0) is 5.41 Å². The molecule has 2 heteroatoms. The number of nitrogen functional groups attached to an aromatic ring is 2. The van der Waals surface area contributed by atoms with Crippen LogP contribution >= 0.6 is 0 Å². The first-order valence-electron chi connectivity index (χ1n) is 16.1. The highest BCUT2D eigenvalue weighted by Crippen LogP contribution is 2.50. The molecular formula is C45H32N2. The van der Waals surface area contributed by atoms with E-state index < -0.39 is 5.41 Å². The normalized spacial score (nSPS) is 14.5. The summed E-state index contributed by atoms with van der Waals surface area (Å²) in [5.74, 6) is 0. The zero-order valence-corrected chi connectivity index (χ0v) is 25.8. The largest absolute Gasteiger partial charge is 0.398 e. The molecule has 0 fully saturated rings. The number of hydrogen-bond donors (Lipinski definition) is 2. The van der Waals surface area contributed by atoms with Crippen molar-refractivity contribution >= 4 is 44.6 Å². The number of anilines is 2. The van der Waals surface area contributed by atoms with Gasteiger partial charge >= 0.3 is 0 Å². The van der Waals surface area contributed by atoms with Crippen molar-refractivity contribution in [1.82, 2.24) is 0 Å². The number of benzene rings is 7. The summed E-state index contributed by atoms with van der Waals surface area (Å²) in [6.07, 6.45) is 9.26. The van der Waals surface area contributed by atoms with Crippen LogP contribution in [0.2, 0.25) is 0 Å². The Balaban J connectivity index is 1.46. The van der Waals surface area contributed by atoms with Gasteiger partial charge < -0.3 is 11.5 Å². The average molecular weight is 601 g/mol. The van der Waals surface area contributed by atoms with E-state index in [0.29, 0.717) is 0 Å². The molecule has 0 saturated heterocycles. The smallest absolute Gasteiger partial charge is 0.0647 e. The summed E-state index contributed by atoms with van der Waals surface area (Å²) >= 11 is 0. The molecule has 0 aromatic heterocycles. The summed E-state index contributed by atoms with van der Waals surface area (Å²) in [4.78, 5) is 0. The molecular weight excluding hydrogens is 569 g/mol. The molecule has 0 bridgehead atoms. The molecule has 0 heterocycles. The maximum atomic E-state index is 6.71. The fourth-order valence-electron chi connectivity index (χ4n) is 7.88. The second kappa shape index (κ2) is 10.5. The van der Waals surface area contributed by atoms with Crippen LogP contribution in [0.3, 0.4) is 0 Å². The predicted octanol–water partition coefficient (Wildman–Crippen LogP) is 8.92. The van der Waals surface area contributed by atoms with Gasteiger partial charge in [-0.3, -0.25) is 0 Å². The van der Waals surface area contributed by atoms with Crippen molar-refractivity contribution in [3.8, 4) is 22.3 Å². The third-order valence-electron chi connectivity index (χ3n) is 10.0. The molecule has 9 rings (SSSR count). The van der Waals surface area contributed by atoms with Crippen LogP contribution in [0.4, 0.5) is 11.4 Å². The second-order valence-electron chi connectivity index (χ2n) is 12.5. The van der Waals surface area contributed by atoms with Crippen LogP contribution in [0, 0.1) is 0 Å². The van der Waals surface area contributed by atoms with Crippen molar-refractivity contribution in [3.63, 3.8) is 0 Å². The fraction of sp³-hybridized carbons (Fsp3) is 0.0222. The van der Waals surface area contributed by atoms with Crippen LogP contribution in [0.5, 0.6) is 0 Å². The molecule has 4 N–H and O–H groups in total. The molecule has 7 aromatic carbocycles. The summed E-state index contributed by atoms with van der Waals surface area (Å²) in [5.41, 5.74) is 23.4. The van der Waals surface area contributed by atoms with E-state index in [1.54, 1.807) is 0 Å². The molecule has 0 spiro atoms. The molecule has 0 unspecified atom stereocenters. The molecule has 2 nitrogen and oxygen atoms in total. The first-order valence-corrected chi connectivity index (χ1v) is 16.1. The number of fused-ring (bicyclic) bond motifs is 7. The van der Waals surface area contributed by atoms with Crippen molar-refractivity contribution in [2.75, 3.05) is 11.5 Å². The summed E-state index contributed by atoms with van der Waals surface area (Å²) in [6, 6.07) is 51.7. The number of rotatable bonds is 4. The van der Waals surface area contributed by atoms with Gasteiger partial charge in [0.15, 0.2) is 0 Å². The molecule has 0 atom stereocenters. The van der Waals surface area contributed by atoms with Crippen LogP contribution in [-0.4, -0.2) is 0 Å². The van der Waals surface area contributed by atoms with E-state index in [4.69, 9.17) is 11.5 Å². The molecule has 0 aliphatic heterocycles. The molecule has 2 aliphatic rings. The lowest BCUT2D eigenvalue weighted by atomic mass is 9.64. The van der Waals surface area contributed by atoms with E-state index >= 15 is 0 Å². The van der Waals surface area contributed by atoms with Gasteiger partial charge in [-0.1, -0.05) is 140 Å². The van der Waals surface area contributed by atoms with Gasteiger partial charge in [0.05, 0.1) is 5.41 Å². The minimum atomic E-state index is -0.633. The minimum absolute atomic E-state index is 0.633. The van der Waals surface area contributed by atoms with Crippen LogP contribution in [0.1, 0.15) is 11.1 Å². The molecule has 0 amide bonds. The zero-order chi connectivity index (χ0) is 31.5. The molecule has 0 radical (unpaired) electrons. The van der Waals surface area contributed by atoms with Gasteiger partial charge in [-0.25, -0.2) is 0 Å². The molecule has 2 aliphatic carbocycles. The van der Waals surface area contributed by atoms with E-state index in [2.05, 4.69) is 158 Å². The van der Waals surface area contributed by atoms with E-state index in [0.717, 1.165) is 44.8 Å². The van der Waals surface area contributed by atoms with Gasteiger partial charge in [-0.2, -0.15) is 0 Å². The Labute approximate surface area is 273 Å². The lowest BCUT2D eigenvalue weighted by Crippen LogP contribution is -2.36. The van der Waals surface area contributed by atoms with E-state index in [1.165, 1.54) is 43.1 Å². The molecule has 7 aromatic rings. The Bertz CT molecular complexity index is 2490. The minimum Gasteiger partial charge on any atom is -0.398 e. The highest BCUT2D eigenvalue weighted by molar-refractivity contribution is 6.12. The topological polar surface area (TPSA) is 52.0 Å². The van der Waals surface area contributed by atoms with Crippen molar-refractivity contribution in [2.45, 2.75) is 5.41 Å². The van der Waals surface area contributed by atoms with Crippen molar-refractivity contribution in [2.24, 2.45) is 0 Å². The van der Waals surface area contributed by atoms with Crippen molar-refractivity contribution < 1.29 is 0 Å². The standard InChI is InChI=1S/C45H32N2/c46-41-23-21-32(27-38(41)29-12-3-1-4-13-29)45(33-22-24-42(47)39(28-33)30-14-5-2-6-15-30)25-11-16-31-26-40-36-19-8-7-17-34(36)35-18-9-10-20-37(35)43(40)44(31)45/h1-28H,46-47H2.